The van der Waals surface area contributed by atoms with Crippen LogP contribution in [0.5, 0.6) is 0 Å². The topological polar surface area (TPSA) is 88.2 Å². The molecule has 0 saturated carbocycles. The van der Waals surface area contributed by atoms with Crippen LogP contribution in [-0.2, 0) is 9.84 Å². The number of amides is 2. The standard InChI is InChI=1S/C18H23N3O3S/c1-13(2)16(14-7-5-4-6-8-14)12-20-18(22)21-15-9-10-17(19-11-15)25(3,23)24/h4-11,13,16H,12H2,1-3H3,(H2,20,21,22)/t16-/m1/s1. The number of carbonyl (C=O) groups is 1. The highest BCUT2D eigenvalue weighted by molar-refractivity contribution is 7.90. The molecule has 25 heavy (non-hydrogen) atoms. The summed E-state index contributed by atoms with van der Waals surface area (Å²) in [5.41, 5.74) is 1.61. The highest BCUT2D eigenvalue weighted by Gasteiger charge is 2.16. The first-order chi connectivity index (χ1) is 11.8. The van der Waals surface area contributed by atoms with E-state index in [4.69, 9.17) is 0 Å². The van der Waals surface area contributed by atoms with Gasteiger partial charge in [0.25, 0.3) is 0 Å². The number of anilines is 1. The Morgan fingerprint density at radius 2 is 1.80 bits per heavy atom. The first-order valence-corrected chi connectivity index (χ1v) is 9.92. The van der Waals surface area contributed by atoms with Gasteiger partial charge in [-0.25, -0.2) is 18.2 Å². The Balaban J connectivity index is 1.95. The SMILES string of the molecule is CC(C)[C@@H](CNC(=O)Nc1ccc(S(C)(=O)=O)nc1)c1ccccc1. The molecule has 1 atom stereocenters. The predicted octanol–water partition coefficient (Wildman–Crippen LogP) is 3.05. The molecular formula is C18H23N3O3S. The molecule has 0 radical (unpaired) electrons. The largest absolute Gasteiger partial charge is 0.337 e. The molecule has 2 amide bonds. The number of aromatic nitrogens is 1. The Kier molecular flexibility index (Phi) is 6.14. The van der Waals surface area contributed by atoms with Crippen LogP contribution in [0.25, 0.3) is 0 Å². The van der Waals surface area contributed by atoms with E-state index in [-0.39, 0.29) is 17.0 Å². The molecule has 2 aromatic rings. The van der Waals surface area contributed by atoms with E-state index in [0.717, 1.165) is 6.26 Å². The molecule has 0 bridgehead atoms. The Morgan fingerprint density at radius 1 is 1.12 bits per heavy atom. The minimum Gasteiger partial charge on any atom is -0.337 e. The number of pyridine rings is 1. The van der Waals surface area contributed by atoms with Crippen molar-refractivity contribution in [3.8, 4) is 0 Å². The van der Waals surface area contributed by atoms with E-state index < -0.39 is 9.84 Å². The molecule has 2 N–H and O–H groups in total. The van der Waals surface area contributed by atoms with Crippen LogP contribution < -0.4 is 10.6 Å². The van der Waals surface area contributed by atoms with Gasteiger partial charge in [0, 0.05) is 18.7 Å². The van der Waals surface area contributed by atoms with Gasteiger partial charge in [-0.1, -0.05) is 44.2 Å². The number of sulfone groups is 1. The van der Waals surface area contributed by atoms with Crippen molar-refractivity contribution in [2.45, 2.75) is 24.8 Å². The van der Waals surface area contributed by atoms with Crippen molar-refractivity contribution in [2.24, 2.45) is 5.92 Å². The van der Waals surface area contributed by atoms with Crippen molar-refractivity contribution < 1.29 is 13.2 Å². The number of benzene rings is 1. The average Bonchev–Trinajstić information content (AvgIpc) is 2.55. The zero-order valence-electron chi connectivity index (χ0n) is 14.6. The van der Waals surface area contributed by atoms with Crippen LogP contribution in [0.3, 0.4) is 0 Å². The molecule has 6 nitrogen and oxygen atoms in total. The third-order valence-electron chi connectivity index (χ3n) is 3.89. The van der Waals surface area contributed by atoms with E-state index in [1.54, 1.807) is 0 Å². The number of nitrogens with one attached hydrogen (secondary N) is 2. The van der Waals surface area contributed by atoms with Gasteiger partial charge >= 0.3 is 6.03 Å². The van der Waals surface area contributed by atoms with Gasteiger partial charge in [0.1, 0.15) is 0 Å². The average molecular weight is 361 g/mol. The maximum Gasteiger partial charge on any atom is 0.319 e. The van der Waals surface area contributed by atoms with Crippen LogP contribution in [0.4, 0.5) is 10.5 Å². The molecule has 1 heterocycles. The summed E-state index contributed by atoms with van der Waals surface area (Å²) >= 11 is 0. The smallest absolute Gasteiger partial charge is 0.319 e. The lowest BCUT2D eigenvalue weighted by Gasteiger charge is -2.22. The second kappa shape index (κ2) is 8.11. The summed E-state index contributed by atoms with van der Waals surface area (Å²) in [6.45, 7) is 4.73. The van der Waals surface area contributed by atoms with E-state index in [0.29, 0.717) is 18.2 Å². The van der Waals surface area contributed by atoms with E-state index >= 15 is 0 Å². The number of nitrogens with zero attached hydrogens (tertiary/aromatic N) is 1. The maximum atomic E-state index is 12.1. The predicted molar refractivity (Wildman–Crippen MR) is 98.4 cm³/mol. The number of hydrogen-bond acceptors (Lipinski definition) is 4. The fraction of sp³-hybridized carbons (Fsp3) is 0.333. The van der Waals surface area contributed by atoms with Gasteiger partial charge < -0.3 is 10.6 Å². The van der Waals surface area contributed by atoms with Crippen molar-refractivity contribution in [2.75, 3.05) is 18.1 Å². The minimum absolute atomic E-state index is 0.0255. The minimum atomic E-state index is -3.35. The van der Waals surface area contributed by atoms with Gasteiger partial charge in [-0.2, -0.15) is 0 Å². The summed E-state index contributed by atoms with van der Waals surface area (Å²) in [4.78, 5) is 15.9. The zero-order chi connectivity index (χ0) is 18.4. The Hall–Kier alpha value is -2.41. The van der Waals surface area contributed by atoms with E-state index in [1.807, 2.05) is 18.2 Å². The fourth-order valence-corrected chi connectivity index (χ4v) is 3.05. The molecule has 0 fully saturated rings. The molecule has 1 aromatic heterocycles. The number of hydrogen-bond donors (Lipinski definition) is 2. The van der Waals surface area contributed by atoms with Gasteiger partial charge in [0.2, 0.25) is 0 Å². The third kappa shape index (κ3) is 5.56. The van der Waals surface area contributed by atoms with Crippen molar-refractivity contribution in [1.29, 1.82) is 0 Å². The molecule has 134 valence electrons. The summed E-state index contributed by atoms with van der Waals surface area (Å²) in [5.74, 6) is 0.580. The number of rotatable bonds is 6. The lowest BCUT2D eigenvalue weighted by atomic mass is 9.88. The molecule has 2 rings (SSSR count). The van der Waals surface area contributed by atoms with Gasteiger partial charge in [0.05, 0.1) is 11.9 Å². The number of urea groups is 1. The quantitative estimate of drug-likeness (QED) is 0.828. The lowest BCUT2D eigenvalue weighted by molar-refractivity contribution is 0.250. The molecule has 0 aliphatic heterocycles. The summed E-state index contributed by atoms with van der Waals surface area (Å²) < 4.78 is 22.8. The van der Waals surface area contributed by atoms with Gasteiger partial charge in [-0.05, 0) is 23.6 Å². The van der Waals surface area contributed by atoms with Crippen LogP contribution in [-0.4, -0.2) is 32.2 Å². The summed E-state index contributed by atoms with van der Waals surface area (Å²) in [7, 11) is -3.35. The summed E-state index contributed by atoms with van der Waals surface area (Å²) in [6.07, 6.45) is 2.41. The normalized spacial score (nSPS) is 12.6. The highest BCUT2D eigenvalue weighted by Crippen LogP contribution is 2.23. The van der Waals surface area contributed by atoms with E-state index in [1.165, 1.54) is 23.9 Å². The summed E-state index contributed by atoms with van der Waals surface area (Å²) in [5, 5.41) is 5.49. The molecule has 7 heteroatoms. The van der Waals surface area contributed by atoms with Crippen molar-refractivity contribution in [3.05, 3.63) is 54.2 Å². The Bertz CT molecular complexity index is 803. The van der Waals surface area contributed by atoms with Crippen molar-refractivity contribution in [1.82, 2.24) is 10.3 Å². The lowest BCUT2D eigenvalue weighted by Crippen LogP contribution is -2.33. The molecule has 1 aromatic carbocycles. The first kappa shape index (κ1) is 18.9. The maximum absolute atomic E-state index is 12.1. The van der Waals surface area contributed by atoms with Crippen molar-refractivity contribution >= 4 is 21.6 Å². The molecule has 0 unspecified atom stereocenters. The molecular weight excluding hydrogens is 338 g/mol. The van der Waals surface area contributed by atoms with Gasteiger partial charge in [0.15, 0.2) is 14.9 Å². The van der Waals surface area contributed by atoms with Crippen molar-refractivity contribution in [3.63, 3.8) is 0 Å². The Labute approximate surface area is 148 Å². The highest BCUT2D eigenvalue weighted by atomic mass is 32.2. The van der Waals surface area contributed by atoms with Crippen LogP contribution in [0.15, 0.2) is 53.7 Å². The fourth-order valence-electron chi connectivity index (χ4n) is 2.49. The number of carbonyl (C=O) groups excluding carboxylic acids is 1. The molecule has 0 aliphatic rings. The molecule has 0 saturated heterocycles. The second-order valence-corrected chi connectivity index (χ2v) is 8.22. The third-order valence-corrected chi connectivity index (χ3v) is 4.89. The van der Waals surface area contributed by atoms with Gasteiger partial charge in [-0.15, -0.1) is 0 Å². The second-order valence-electron chi connectivity index (χ2n) is 6.25. The van der Waals surface area contributed by atoms with Crippen LogP contribution in [0, 0.1) is 5.92 Å². The van der Waals surface area contributed by atoms with Crippen LogP contribution in [0.1, 0.15) is 25.3 Å². The van der Waals surface area contributed by atoms with Crippen LogP contribution >= 0.6 is 0 Å². The zero-order valence-corrected chi connectivity index (χ0v) is 15.4. The monoisotopic (exact) mass is 361 g/mol. The van der Waals surface area contributed by atoms with Crippen LogP contribution in [0.2, 0.25) is 0 Å². The molecule has 0 aliphatic carbocycles. The Morgan fingerprint density at radius 3 is 2.32 bits per heavy atom. The molecule has 0 spiro atoms. The first-order valence-electron chi connectivity index (χ1n) is 8.03. The van der Waals surface area contributed by atoms with E-state index in [2.05, 4.69) is 41.6 Å². The summed E-state index contributed by atoms with van der Waals surface area (Å²) in [6, 6.07) is 12.6. The van der Waals surface area contributed by atoms with Gasteiger partial charge in [-0.3, -0.25) is 0 Å². The van der Waals surface area contributed by atoms with E-state index in [9.17, 15) is 13.2 Å².